The predicted molar refractivity (Wildman–Crippen MR) is 81.4 cm³/mol. The summed E-state index contributed by atoms with van der Waals surface area (Å²) in [6, 6.07) is 1.75. The Balaban J connectivity index is 2.23. The van der Waals surface area contributed by atoms with E-state index in [0.29, 0.717) is 18.3 Å². The monoisotopic (exact) mass is 433 g/mol. The first kappa shape index (κ1) is 20.9. The van der Waals surface area contributed by atoms with Crippen molar-refractivity contribution in [3.63, 3.8) is 0 Å². The van der Waals surface area contributed by atoms with Gasteiger partial charge >= 0.3 is 11.9 Å². The van der Waals surface area contributed by atoms with Crippen molar-refractivity contribution in [3.8, 4) is 5.69 Å². The number of benzene rings is 1. The Morgan fingerprint density at radius 1 is 1.25 bits per heavy atom. The van der Waals surface area contributed by atoms with Gasteiger partial charge in [-0.25, -0.2) is 13.2 Å². The third-order valence-electron chi connectivity index (χ3n) is 4.39. The Morgan fingerprint density at radius 2 is 1.89 bits per heavy atom. The SMILES string of the molecule is [O-][S@+](c1cn(-c2ccc(F)c(C(F)(F)F)c2)c2c1[C@H](O)C(F)(F)CC2)C(F)F. The molecule has 1 N–H and O–H groups in total. The van der Waals surface area contributed by atoms with Crippen molar-refractivity contribution in [1.82, 2.24) is 4.57 Å². The van der Waals surface area contributed by atoms with Gasteiger partial charge in [-0.2, -0.15) is 22.0 Å². The van der Waals surface area contributed by atoms with Crippen LogP contribution in [-0.4, -0.2) is 25.9 Å². The van der Waals surface area contributed by atoms with Crippen LogP contribution in [0.4, 0.5) is 35.1 Å². The molecule has 2 aromatic rings. The number of hydrogen-bond acceptors (Lipinski definition) is 2. The average molecular weight is 433 g/mol. The summed E-state index contributed by atoms with van der Waals surface area (Å²) in [6.45, 7) is 0. The third kappa shape index (κ3) is 3.48. The molecule has 0 fully saturated rings. The fraction of sp³-hybridized carbons (Fsp3) is 0.375. The predicted octanol–water partition coefficient (Wildman–Crippen LogP) is 4.58. The fourth-order valence-electron chi connectivity index (χ4n) is 3.08. The number of hydrogen-bond donors (Lipinski definition) is 1. The van der Waals surface area contributed by atoms with Gasteiger partial charge in [0.05, 0.1) is 28.5 Å². The van der Waals surface area contributed by atoms with Gasteiger partial charge in [0.1, 0.15) is 11.9 Å². The van der Waals surface area contributed by atoms with E-state index in [4.69, 9.17) is 0 Å². The van der Waals surface area contributed by atoms with Crippen LogP contribution in [0.1, 0.15) is 29.3 Å². The molecule has 0 saturated carbocycles. The summed E-state index contributed by atoms with van der Waals surface area (Å²) in [5.74, 6) is -8.75. The van der Waals surface area contributed by atoms with E-state index in [1.807, 2.05) is 0 Å². The van der Waals surface area contributed by atoms with Gasteiger partial charge in [0.25, 0.3) is 5.92 Å². The lowest BCUT2D eigenvalue weighted by Crippen LogP contribution is -2.33. The normalized spacial score (nSPS) is 20.3. The highest BCUT2D eigenvalue weighted by atomic mass is 32.2. The number of aliphatic hydroxyl groups excluding tert-OH is 1. The van der Waals surface area contributed by atoms with Crippen LogP contribution in [0, 0.1) is 5.82 Å². The van der Waals surface area contributed by atoms with Crippen LogP contribution >= 0.6 is 0 Å². The maximum absolute atomic E-state index is 13.9. The first-order valence-corrected chi connectivity index (χ1v) is 8.91. The molecule has 2 atom stereocenters. The van der Waals surface area contributed by atoms with Crippen molar-refractivity contribution in [2.24, 2.45) is 0 Å². The number of rotatable bonds is 3. The maximum atomic E-state index is 13.9. The molecule has 28 heavy (non-hydrogen) atoms. The Hall–Kier alpha value is -1.79. The van der Waals surface area contributed by atoms with Gasteiger partial charge in [-0.05, 0) is 24.6 Å². The van der Waals surface area contributed by atoms with Crippen LogP contribution in [-0.2, 0) is 23.8 Å². The fourth-order valence-corrected chi connectivity index (χ4v) is 3.93. The van der Waals surface area contributed by atoms with E-state index in [0.717, 1.165) is 10.6 Å². The molecular formula is C16H11F8NO2S. The minimum Gasteiger partial charge on any atom is -0.607 e. The smallest absolute Gasteiger partial charge is 0.419 e. The van der Waals surface area contributed by atoms with Gasteiger partial charge in [-0.3, -0.25) is 0 Å². The largest absolute Gasteiger partial charge is 0.607 e. The third-order valence-corrected chi connectivity index (χ3v) is 5.48. The van der Waals surface area contributed by atoms with Gasteiger partial charge in [-0.15, -0.1) is 0 Å². The highest BCUT2D eigenvalue weighted by molar-refractivity contribution is 7.91. The standard InChI is InChI=1S/C16H11F8NO2S/c17-9-2-1-7(5-8(9)16(22,23)24)25-6-11(28(27)14(18)19)12-10(25)3-4-15(20,21)13(12)26/h1-2,5-6,13-14,26H,3-4H2/t13-,28+/m0/s1. The van der Waals surface area contributed by atoms with E-state index in [-0.39, 0.29) is 11.4 Å². The van der Waals surface area contributed by atoms with E-state index in [2.05, 4.69) is 0 Å². The molecule has 0 radical (unpaired) electrons. The van der Waals surface area contributed by atoms with Gasteiger partial charge in [-0.1, -0.05) is 0 Å². The van der Waals surface area contributed by atoms with Crippen LogP contribution in [0.3, 0.4) is 0 Å². The molecule has 3 nitrogen and oxygen atoms in total. The lowest BCUT2D eigenvalue weighted by atomic mass is 9.91. The second-order valence-corrected chi connectivity index (χ2v) is 7.50. The first-order chi connectivity index (χ1) is 12.8. The minimum atomic E-state index is -5.06. The summed E-state index contributed by atoms with van der Waals surface area (Å²) in [6.07, 6.45) is -8.30. The lowest BCUT2D eigenvalue weighted by Gasteiger charge is -2.29. The molecule has 1 heterocycles. The molecule has 154 valence electrons. The van der Waals surface area contributed by atoms with Crippen molar-refractivity contribution >= 4 is 11.2 Å². The lowest BCUT2D eigenvalue weighted by molar-refractivity contribution is -0.140. The molecule has 0 saturated heterocycles. The molecule has 1 aliphatic rings. The van der Waals surface area contributed by atoms with Crippen molar-refractivity contribution in [2.45, 2.75) is 41.7 Å². The quantitative estimate of drug-likeness (QED) is 0.569. The van der Waals surface area contributed by atoms with Crippen molar-refractivity contribution in [2.75, 3.05) is 0 Å². The van der Waals surface area contributed by atoms with E-state index in [1.54, 1.807) is 0 Å². The van der Waals surface area contributed by atoms with Crippen molar-refractivity contribution in [3.05, 3.63) is 47.0 Å². The van der Waals surface area contributed by atoms with Crippen LogP contribution in [0.5, 0.6) is 0 Å². The zero-order chi connectivity index (χ0) is 21.0. The summed E-state index contributed by atoms with van der Waals surface area (Å²) in [4.78, 5) is -0.810. The van der Waals surface area contributed by atoms with Gasteiger partial charge in [0, 0.05) is 17.8 Å². The highest BCUT2D eigenvalue weighted by Crippen LogP contribution is 2.46. The zero-order valence-electron chi connectivity index (χ0n) is 13.6. The van der Waals surface area contributed by atoms with Crippen molar-refractivity contribution in [1.29, 1.82) is 0 Å². The Morgan fingerprint density at radius 3 is 2.46 bits per heavy atom. The molecule has 12 heteroatoms. The molecular weight excluding hydrogens is 422 g/mol. The Kier molecular flexibility index (Phi) is 5.17. The van der Waals surface area contributed by atoms with Crippen LogP contribution in [0.15, 0.2) is 29.3 Å². The Bertz CT molecular complexity index is 895. The molecule has 1 aromatic carbocycles. The maximum Gasteiger partial charge on any atom is 0.419 e. The average Bonchev–Trinajstić information content (AvgIpc) is 2.97. The summed E-state index contributed by atoms with van der Waals surface area (Å²) < 4.78 is 119. The first-order valence-electron chi connectivity index (χ1n) is 7.70. The van der Waals surface area contributed by atoms with E-state index < -0.39 is 69.8 Å². The number of aliphatic hydroxyl groups is 1. The number of fused-ring (bicyclic) bond motifs is 1. The topological polar surface area (TPSA) is 48.2 Å². The second kappa shape index (κ2) is 6.92. The molecule has 1 aliphatic carbocycles. The Labute approximate surface area is 155 Å². The van der Waals surface area contributed by atoms with Crippen LogP contribution in [0.25, 0.3) is 5.69 Å². The second-order valence-electron chi connectivity index (χ2n) is 6.11. The van der Waals surface area contributed by atoms with Gasteiger partial charge < -0.3 is 14.2 Å². The molecule has 3 rings (SSSR count). The molecule has 0 bridgehead atoms. The van der Waals surface area contributed by atoms with Gasteiger partial charge in [0.15, 0.2) is 4.90 Å². The van der Waals surface area contributed by atoms with E-state index >= 15 is 0 Å². The van der Waals surface area contributed by atoms with E-state index in [1.165, 1.54) is 0 Å². The summed E-state index contributed by atoms with van der Waals surface area (Å²) in [5, 5.41) is 9.91. The number of nitrogens with zero attached hydrogens (tertiary/aromatic N) is 1. The molecule has 0 amide bonds. The van der Waals surface area contributed by atoms with Crippen LogP contribution in [0.2, 0.25) is 0 Å². The molecule has 1 aromatic heterocycles. The van der Waals surface area contributed by atoms with Crippen LogP contribution < -0.4 is 0 Å². The minimum absolute atomic E-state index is 0.192. The molecule has 0 aliphatic heterocycles. The van der Waals surface area contributed by atoms with Crippen molar-refractivity contribution < 1.29 is 44.8 Å². The molecule has 0 unspecified atom stereocenters. The zero-order valence-corrected chi connectivity index (χ0v) is 14.4. The van der Waals surface area contributed by atoms with E-state index in [9.17, 15) is 44.8 Å². The molecule has 0 spiro atoms. The number of alkyl halides is 7. The summed E-state index contributed by atoms with van der Waals surface area (Å²) in [7, 11) is 0. The number of aromatic nitrogens is 1. The van der Waals surface area contributed by atoms with Gasteiger partial charge in [0.2, 0.25) is 0 Å². The summed E-state index contributed by atoms with van der Waals surface area (Å²) >= 11 is -3.10. The highest BCUT2D eigenvalue weighted by Gasteiger charge is 2.49. The summed E-state index contributed by atoms with van der Waals surface area (Å²) in [5.41, 5.74) is -2.92. The number of halogens is 8.